The first-order valence-corrected chi connectivity index (χ1v) is 11.1. The molecule has 1 fully saturated rings. The molecule has 30 heavy (non-hydrogen) atoms. The van der Waals surface area contributed by atoms with E-state index in [0.717, 1.165) is 36.2 Å². The van der Waals surface area contributed by atoms with Crippen molar-refractivity contribution in [3.63, 3.8) is 0 Å². The van der Waals surface area contributed by atoms with Gasteiger partial charge in [0.2, 0.25) is 0 Å². The quantitative estimate of drug-likeness (QED) is 0.536. The summed E-state index contributed by atoms with van der Waals surface area (Å²) >= 11 is 0. The minimum atomic E-state index is -0.377. The van der Waals surface area contributed by atoms with Gasteiger partial charge in [0.05, 0.1) is 0 Å². The number of hydrogen-bond donors (Lipinski definition) is 0. The largest absolute Gasteiger partial charge is 0.371 e. The molecule has 2 nitrogen and oxygen atoms in total. The summed E-state index contributed by atoms with van der Waals surface area (Å²) in [6, 6.07) is 6.87. The van der Waals surface area contributed by atoms with Gasteiger partial charge < -0.3 is 4.90 Å². The van der Waals surface area contributed by atoms with E-state index in [4.69, 9.17) is 0 Å². The molecule has 2 heteroatoms. The molecule has 0 amide bonds. The molecule has 1 saturated heterocycles. The number of anilines is 1. The lowest BCUT2D eigenvalue weighted by Crippen LogP contribution is -2.22. The van der Waals surface area contributed by atoms with Crippen molar-refractivity contribution in [2.45, 2.75) is 61.3 Å². The Kier molecular flexibility index (Phi) is 6.00. The molecule has 1 aromatic carbocycles. The van der Waals surface area contributed by atoms with E-state index >= 15 is 0 Å². The van der Waals surface area contributed by atoms with Crippen LogP contribution in [0.25, 0.3) is 5.57 Å². The molecule has 0 spiro atoms. The SMILES string of the molecule is C=C1C(C(=O)C(C)(C)C)=CC/C1=C/C=C(\C)c1cc(C)cc(N2CCC(C)(C)C2)c1. The van der Waals surface area contributed by atoms with Gasteiger partial charge in [-0.1, -0.05) is 65.5 Å². The van der Waals surface area contributed by atoms with Gasteiger partial charge in [0.1, 0.15) is 0 Å². The van der Waals surface area contributed by atoms with Crippen molar-refractivity contribution in [1.29, 1.82) is 0 Å². The molecule has 0 saturated carbocycles. The molecule has 3 rings (SSSR count). The standard InChI is InChI=1S/C28H37NO/c1-19-15-23(17-24(16-19)29-14-13-28(7,8)18-29)20(2)9-10-22-11-12-25(21(22)3)26(30)27(4,5)6/h9-10,12,15-17H,3,11,13-14,18H2,1-2,4-8H3/b20-9+,22-10-. The lowest BCUT2D eigenvalue weighted by Gasteiger charge is -2.23. The molecular weight excluding hydrogens is 366 g/mol. The summed E-state index contributed by atoms with van der Waals surface area (Å²) in [6.45, 7) is 21.4. The monoisotopic (exact) mass is 403 g/mol. The normalized spacial score (nSPS) is 20.8. The maximum absolute atomic E-state index is 12.7. The maximum Gasteiger partial charge on any atom is 0.168 e. The number of ketones is 1. The van der Waals surface area contributed by atoms with Crippen molar-refractivity contribution in [2.75, 3.05) is 18.0 Å². The zero-order valence-corrected chi connectivity index (χ0v) is 19.9. The van der Waals surface area contributed by atoms with Crippen LogP contribution in [0.3, 0.4) is 0 Å². The summed E-state index contributed by atoms with van der Waals surface area (Å²) < 4.78 is 0. The van der Waals surface area contributed by atoms with Crippen LogP contribution in [-0.4, -0.2) is 18.9 Å². The van der Waals surface area contributed by atoms with E-state index in [9.17, 15) is 4.79 Å². The van der Waals surface area contributed by atoms with Crippen LogP contribution in [0, 0.1) is 17.8 Å². The highest BCUT2D eigenvalue weighted by molar-refractivity contribution is 6.04. The Morgan fingerprint density at radius 3 is 2.50 bits per heavy atom. The zero-order chi connectivity index (χ0) is 22.3. The van der Waals surface area contributed by atoms with E-state index in [2.05, 4.69) is 69.5 Å². The van der Waals surface area contributed by atoms with Crippen LogP contribution in [0.15, 0.2) is 59.7 Å². The summed E-state index contributed by atoms with van der Waals surface area (Å²) in [4.78, 5) is 15.2. The molecule has 0 radical (unpaired) electrons. The van der Waals surface area contributed by atoms with Gasteiger partial charge in [-0.3, -0.25) is 4.79 Å². The third-order valence-corrected chi connectivity index (χ3v) is 6.26. The molecule has 0 aromatic heterocycles. The molecule has 0 unspecified atom stereocenters. The fourth-order valence-electron chi connectivity index (χ4n) is 4.26. The number of hydrogen-bond acceptors (Lipinski definition) is 2. The molecule has 0 bridgehead atoms. The first kappa shape index (κ1) is 22.3. The number of rotatable bonds is 4. The third kappa shape index (κ3) is 4.86. The van der Waals surface area contributed by atoms with Crippen LogP contribution < -0.4 is 4.90 Å². The minimum absolute atomic E-state index is 0.175. The Morgan fingerprint density at radius 1 is 1.20 bits per heavy atom. The Balaban J connectivity index is 1.80. The van der Waals surface area contributed by atoms with Gasteiger partial charge in [-0.15, -0.1) is 0 Å². The number of Topliss-reactive ketones (excluding diaryl/α,β-unsaturated/α-hetero) is 1. The van der Waals surface area contributed by atoms with Crippen LogP contribution in [0.5, 0.6) is 0 Å². The fraction of sp³-hybridized carbons (Fsp3) is 0.464. The predicted octanol–water partition coefficient (Wildman–Crippen LogP) is 7.06. The molecular formula is C28H37NO. The number of allylic oxidation sites excluding steroid dienone is 7. The predicted molar refractivity (Wildman–Crippen MR) is 130 cm³/mol. The van der Waals surface area contributed by atoms with Crippen molar-refractivity contribution in [3.8, 4) is 0 Å². The van der Waals surface area contributed by atoms with Crippen molar-refractivity contribution in [1.82, 2.24) is 0 Å². The molecule has 1 heterocycles. The summed E-state index contributed by atoms with van der Waals surface area (Å²) in [6.07, 6.45) is 8.36. The van der Waals surface area contributed by atoms with E-state index < -0.39 is 0 Å². The Hall–Kier alpha value is -2.35. The number of benzene rings is 1. The molecule has 0 atom stereocenters. The van der Waals surface area contributed by atoms with Gasteiger partial charge in [-0.2, -0.15) is 0 Å². The van der Waals surface area contributed by atoms with Crippen molar-refractivity contribution in [3.05, 3.63) is 70.9 Å². The molecule has 160 valence electrons. The maximum atomic E-state index is 12.7. The Labute approximate surface area is 183 Å². The average Bonchev–Trinajstić information content (AvgIpc) is 3.19. The highest BCUT2D eigenvalue weighted by Crippen LogP contribution is 2.36. The number of nitrogens with zero attached hydrogens (tertiary/aromatic N) is 1. The highest BCUT2D eigenvalue weighted by Gasteiger charge is 2.30. The summed E-state index contributed by atoms with van der Waals surface area (Å²) in [5.74, 6) is 0.175. The second kappa shape index (κ2) is 8.06. The summed E-state index contributed by atoms with van der Waals surface area (Å²) in [7, 11) is 0. The Bertz CT molecular complexity index is 963. The van der Waals surface area contributed by atoms with E-state index in [0.29, 0.717) is 5.41 Å². The van der Waals surface area contributed by atoms with Gasteiger partial charge in [0.25, 0.3) is 0 Å². The molecule has 0 N–H and O–H groups in total. The van der Waals surface area contributed by atoms with Crippen LogP contribution >= 0.6 is 0 Å². The topological polar surface area (TPSA) is 20.3 Å². The second-order valence-corrected chi connectivity index (χ2v) is 10.8. The second-order valence-electron chi connectivity index (χ2n) is 10.8. The first-order valence-electron chi connectivity index (χ1n) is 11.1. The van der Waals surface area contributed by atoms with Gasteiger partial charge in [0, 0.05) is 29.8 Å². The van der Waals surface area contributed by atoms with E-state index in [-0.39, 0.29) is 11.2 Å². The molecule has 1 aliphatic carbocycles. The smallest absolute Gasteiger partial charge is 0.168 e. The molecule has 1 aromatic rings. The lowest BCUT2D eigenvalue weighted by atomic mass is 9.84. The van der Waals surface area contributed by atoms with Crippen molar-refractivity contribution < 1.29 is 4.79 Å². The fourth-order valence-corrected chi connectivity index (χ4v) is 4.26. The van der Waals surface area contributed by atoms with E-state index in [1.165, 1.54) is 28.8 Å². The van der Waals surface area contributed by atoms with E-state index in [1.54, 1.807) is 0 Å². The highest BCUT2D eigenvalue weighted by atomic mass is 16.1. The summed E-state index contributed by atoms with van der Waals surface area (Å²) in [5, 5.41) is 0. The average molecular weight is 404 g/mol. The van der Waals surface area contributed by atoms with Crippen LogP contribution in [-0.2, 0) is 4.79 Å². The van der Waals surface area contributed by atoms with Crippen molar-refractivity contribution in [2.24, 2.45) is 10.8 Å². The van der Waals surface area contributed by atoms with Crippen LogP contribution in [0.1, 0.15) is 65.5 Å². The first-order chi connectivity index (χ1) is 13.9. The minimum Gasteiger partial charge on any atom is -0.371 e. The van der Waals surface area contributed by atoms with Gasteiger partial charge >= 0.3 is 0 Å². The number of aryl methyl sites for hydroxylation is 1. The third-order valence-electron chi connectivity index (χ3n) is 6.26. The number of carbonyl (C=O) groups is 1. The molecule has 1 aliphatic heterocycles. The van der Waals surface area contributed by atoms with Gasteiger partial charge in [-0.05, 0) is 72.1 Å². The number of carbonyl (C=O) groups excluding carboxylic acids is 1. The van der Waals surface area contributed by atoms with E-state index in [1.807, 2.05) is 26.8 Å². The van der Waals surface area contributed by atoms with Gasteiger partial charge in [0.15, 0.2) is 5.78 Å². The molecule has 2 aliphatic rings. The Morgan fingerprint density at radius 2 is 1.90 bits per heavy atom. The lowest BCUT2D eigenvalue weighted by molar-refractivity contribution is -0.122. The van der Waals surface area contributed by atoms with Gasteiger partial charge in [-0.25, -0.2) is 0 Å². The zero-order valence-electron chi connectivity index (χ0n) is 19.9. The van der Waals surface area contributed by atoms with Crippen LogP contribution in [0.4, 0.5) is 5.69 Å². The van der Waals surface area contributed by atoms with Crippen molar-refractivity contribution >= 4 is 17.0 Å². The summed E-state index contributed by atoms with van der Waals surface area (Å²) in [5.41, 5.74) is 7.91. The van der Waals surface area contributed by atoms with Crippen LogP contribution in [0.2, 0.25) is 0 Å².